The summed E-state index contributed by atoms with van der Waals surface area (Å²) < 4.78 is 5.11. The molecule has 2 N–H and O–H groups in total. The van der Waals surface area contributed by atoms with Gasteiger partial charge in [0.2, 0.25) is 0 Å². The highest BCUT2D eigenvalue weighted by molar-refractivity contribution is 9.10. The lowest BCUT2D eigenvalue weighted by molar-refractivity contribution is -0.402. The SMILES string of the molecule is O=C(Nc1ccc(Br)c(C(=O)O)c1)c1ccc([N+](=O)[O-])o1. The predicted octanol–water partition coefficient (Wildman–Crippen LogP) is 2.90. The third kappa shape index (κ3) is 3.26. The van der Waals surface area contributed by atoms with Crippen molar-refractivity contribution in [2.45, 2.75) is 0 Å². The molecule has 0 spiro atoms. The smallest absolute Gasteiger partial charge is 0.433 e. The molecule has 0 saturated carbocycles. The topological polar surface area (TPSA) is 123 Å². The van der Waals surface area contributed by atoms with Gasteiger partial charge in [0.1, 0.15) is 4.92 Å². The number of hydrogen-bond acceptors (Lipinski definition) is 5. The largest absolute Gasteiger partial charge is 0.478 e. The summed E-state index contributed by atoms with van der Waals surface area (Å²) in [5.74, 6) is -2.68. The third-order valence-corrected chi connectivity index (χ3v) is 3.14. The Labute approximate surface area is 125 Å². The normalized spacial score (nSPS) is 10.1. The predicted molar refractivity (Wildman–Crippen MR) is 74.4 cm³/mol. The molecule has 0 fully saturated rings. The van der Waals surface area contributed by atoms with Gasteiger partial charge in [0.25, 0.3) is 5.91 Å². The zero-order chi connectivity index (χ0) is 15.6. The van der Waals surface area contributed by atoms with E-state index in [0.29, 0.717) is 4.47 Å². The van der Waals surface area contributed by atoms with E-state index in [9.17, 15) is 19.7 Å². The average Bonchev–Trinajstić information content (AvgIpc) is 2.90. The highest BCUT2D eigenvalue weighted by Crippen LogP contribution is 2.22. The van der Waals surface area contributed by atoms with E-state index in [2.05, 4.69) is 21.2 Å². The van der Waals surface area contributed by atoms with Gasteiger partial charge in [0, 0.05) is 10.2 Å². The van der Waals surface area contributed by atoms with Crippen molar-refractivity contribution in [3.63, 3.8) is 0 Å². The Hall–Kier alpha value is -2.68. The quantitative estimate of drug-likeness (QED) is 0.642. The van der Waals surface area contributed by atoms with Crippen molar-refractivity contribution < 1.29 is 24.0 Å². The summed E-state index contributed by atoms with van der Waals surface area (Å²) in [5.41, 5.74) is 0.192. The van der Waals surface area contributed by atoms with Crippen LogP contribution in [0.3, 0.4) is 0 Å². The standard InChI is InChI=1S/C12H7BrN2O6/c13-8-2-1-6(5-7(8)12(17)18)14-11(16)9-3-4-10(21-9)15(19)20/h1-5H,(H,14,16)(H,17,18). The summed E-state index contributed by atoms with van der Waals surface area (Å²) in [4.78, 5) is 32.5. The molecule has 0 bridgehead atoms. The number of carbonyl (C=O) groups is 2. The Morgan fingerprint density at radius 3 is 2.57 bits per heavy atom. The van der Waals surface area contributed by atoms with Crippen molar-refractivity contribution in [2.24, 2.45) is 0 Å². The number of carbonyl (C=O) groups excluding carboxylic acids is 1. The van der Waals surface area contributed by atoms with E-state index in [4.69, 9.17) is 9.52 Å². The minimum atomic E-state index is -1.16. The molecule has 9 heteroatoms. The Morgan fingerprint density at radius 2 is 2.00 bits per heavy atom. The summed E-state index contributed by atoms with van der Waals surface area (Å²) in [6.07, 6.45) is 0. The van der Waals surface area contributed by atoms with Crippen LogP contribution < -0.4 is 5.32 Å². The Kier molecular flexibility index (Phi) is 4.03. The molecule has 2 rings (SSSR count). The molecular formula is C12H7BrN2O6. The maximum absolute atomic E-state index is 11.8. The molecule has 0 saturated heterocycles. The average molecular weight is 355 g/mol. The number of benzene rings is 1. The second kappa shape index (κ2) is 5.75. The summed E-state index contributed by atoms with van der Waals surface area (Å²) in [6.45, 7) is 0. The fourth-order valence-electron chi connectivity index (χ4n) is 1.51. The first-order valence-corrected chi connectivity index (χ1v) is 6.26. The molecule has 1 aromatic carbocycles. The van der Waals surface area contributed by atoms with E-state index in [0.717, 1.165) is 12.1 Å². The van der Waals surface area contributed by atoms with Crippen LogP contribution in [0.2, 0.25) is 0 Å². The maximum atomic E-state index is 11.8. The number of aromatic carboxylic acids is 1. The molecule has 1 heterocycles. The Balaban J connectivity index is 2.21. The molecule has 2 aromatic rings. The van der Waals surface area contributed by atoms with Crippen LogP contribution in [0.5, 0.6) is 0 Å². The summed E-state index contributed by atoms with van der Waals surface area (Å²) in [5, 5.41) is 21.8. The minimum absolute atomic E-state index is 0.0294. The number of nitrogens with one attached hydrogen (secondary N) is 1. The van der Waals surface area contributed by atoms with Crippen molar-refractivity contribution in [1.82, 2.24) is 0 Å². The van der Waals surface area contributed by atoms with Crippen molar-refractivity contribution in [3.8, 4) is 0 Å². The van der Waals surface area contributed by atoms with Gasteiger partial charge in [-0.05, 0) is 40.2 Å². The molecule has 0 atom stereocenters. The highest BCUT2D eigenvalue weighted by Gasteiger charge is 2.18. The summed E-state index contributed by atoms with van der Waals surface area (Å²) >= 11 is 3.07. The van der Waals surface area contributed by atoms with Gasteiger partial charge < -0.3 is 14.8 Å². The zero-order valence-corrected chi connectivity index (χ0v) is 11.8. The van der Waals surface area contributed by atoms with Crippen LogP contribution in [0.25, 0.3) is 0 Å². The molecule has 8 nitrogen and oxygen atoms in total. The molecule has 1 amide bonds. The van der Waals surface area contributed by atoms with Gasteiger partial charge in [-0.25, -0.2) is 4.79 Å². The van der Waals surface area contributed by atoms with Crippen molar-refractivity contribution >= 4 is 39.4 Å². The lowest BCUT2D eigenvalue weighted by Crippen LogP contribution is -2.11. The van der Waals surface area contributed by atoms with Crippen LogP contribution >= 0.6 is 15.9 Å². The molecule has 0 aliphatic rings. The van der Waals surface area contributed by atoms with Crippen LogP contribution in [0.15, 0.2) is 39.2 Å². The van der Waals surface area contributed by atoms with Crippen LogP contribution in [-0.4, -0.2) is 21.9 Å². The molecule has 1 aromatic heterocycles. The van der Waals surface area contributed by atoms with Gasteiger partial charge in [0.15, 0.2) is 5.76 Å². The summed E-state index contributed by atoms with van der Waals surface area (Å²) in [6, 6.07) is 6.40. The van der Waals surface area contributed by atoms with Gasteiger partial charge in [-0.1, -0.05) is 0 Å². The first kappa shape index (κ1) is 14.7. The maximum Gasteiger partial charge on any atom is 0.433 e. The number of hydrogen-bond donors (Lipinski definition) is 2. The Morgan fingerprint density at radius 1 is 1.29 bits per heavy atom. The number of halogens is 1. The molecule has 0 aliphatic heterocycles. The van der Waals surface area contributed by atoms with E-state index >= 15 is 0 Å². The number of carboxylic acid groups (broad SMARTS) is 1. The first-order chi connectivity index (χ1) is 9.88. The van der Waals surface area contributed by atoms with Crippen LogP contribution in [0, 0.1) is 10.1 Å². The highest BCUT2D eigenvalue weighted by atomic mass is 79.9. The number of furan rings is 1. The number of amides is 1. The second-order valence-electron chi connectivity index (χ2n) is 3.85. The molecule has 108 valence electrons. The fourth-order valence-corrected chi connectivity index (χ4v) is 1.92. The summed E-state index contributed by atoms with van der Waals surface area (Å²) in [7, 11) is 0. The van der Waals surface area contributed by atoms with E-state index in [1.54, 1.807) is 0 Å². The number of nitro groups is 1. The number of rotatable bonds is 4. The van der Waals surface area contributed by atoms with E-state index in [-0.39, 0.29) is 17.0 Å². The number of nitrogens with zero attached hydrogens (tertiary/aromatic N) is 1. The first-order valence-electron chi connectivity index (χ1n) is 5.47. The van der Waals surface area contributed by atoms with Crippen molar-refractivity contribution in [1.29, 1.82) is 0 Å². The van der Waals surface area contributed by atoms with Gasteiger partial charge >= 0.3 is 11.9 Å². The van der Waals surface area contributed by atoms with E-state index in [1.165, 1.54) is 18.2 Å². The van der Waals surface area contributed by atoms with Crippen molar-refractivity contribution in [3.05, 3.63) is 56.2 Å². The second-order valence-corrected chi connectivity index (χ2v) is 4.70. The number of carboxylic acids is 1. The molecule has 0 aliphatic carbocycles. The van der Waals surface area contributed by atoms with Crippen LogP contribution in [0.4, 0.5) is 11.6 Å². The molecule has 0 unspecified atom stereocenters. The zero-order valence-electron chi connectivity index (χ0n) is 10.2. The van der Waals surface area contributed by atoms with E-state index in [1.807, 2.05) is 0 Å². The Bertz CT molecular complexity index is 739. The van der Waals surface area contributed by atoms with Gasteiger partial charge in [-0.3, -0.25) is 14.9 Å². The van der Waals surface area contributed by atoms with Crippen LogP contribution in [0.1, 0.15) is 20.9 Å². The van der Waals surface area contributed by atoms with Gasteiger partial charge in [-0.2, -0.15) is 0 Å². The van der Waals surface area contributed by atoms with Crippen molar-refractivity contribution in [2.75, 3.05) is 5.32 Å². The van der Waals surface area contributed by atoms with Gasteiger partial charge in [-0.15, -0.1) is 0 Å². The molecule has 21 heavy (non-hydrogen) atoms. The van der Waals surface area contributed by atoms with Gasteiger partial charge in [0.05, 0.1) is 11.6 Å². The number of anilines is 1. The lowest BCUT2D eigenvalue weighted by atomic mass is 10.2. The molecular weight excluding hydrogens is 348 g/mol. The van der Waals surface area contributed by atoms with Crippen LogP contribution in [-0.2, 0) is 0 Å². The molecule has 0 radical (unpaired) electrons. The third-order valence-electron chi connectivity index (χ3n) is 2.45. The monoisotopic (exact) mass is 354 g/mol. The fraction of sp³-hybridized carbons (Fsp3) is 0. The van der Waals surface area contributed by atoms with E-state index < -0.39 is 22.7 Å². The minimum Gasteiger partial charge on any atom is -0.478 e. The lowest BCUT2D eigenvalue weighted by Gasteiger charge is -2.05.